The SMILES string of the molecule is CCNC(=O)CNc1c([N+](=O)[O-])ccc(F)c1F. The highest BCUT2D eigenvalue weighted by Gasteiger charge is 2.21. The van der Waals surface area contributed by atoms with Gasteiger partial charge in [0.05, 0.1) is 11.5 Å². The van der Waals surface area contributed by atoms with Crippen molar-refractivity contribution < 1.29 is 18.5 Å². The third-order valence-electron chi connectivity index (χ3n) is 2.07. The minimum Gasteiger partial charge on any atom is -0.368 e. The van der Waals surface area contributed by atoms with Crippen LogP contribution in [0.2, 0.25) is 0 Å². The summed E-state index contributed by atoms with van der Waals surface area (Å²) in [6, 6.07) is 1.49. The Morgan fingerprint density at radius 1 is 1.44 bits per heavy atom. The molecule has 2 N–H and O–H groups in total. The van der Waals surface area contributed by atoms with Gasteiger partial charge < -0.3 is 10.6 Å². The predicted octanol–water partition coefficient (Wildman–Crippen LogP) is 1.42. The van der Waals surface area contributed by atoms with E-state index in [2.05, 4.69) is 10.6 Å². The van der Waals surface area contributed by atoms with Crippen LogP contribution in [0.3, 0.4) is 0 Å². The summed E-state index contributed by atoms with van der Waals surface area (Å²) in [5.74, 6) is -3.08. The van der Waals surface area contributed by atoms with E-state index in [1.165, 1.54) is 0 Å². The molecule has 6 nitrogen and oxygen atoms in total. The topological polar surface area (TPSA) is 84.3 Å². The fraction of sp³-hybridized carbons (Fsp3) is 0.300. The molecule has 0 spiro atoms. The van der Waals surface area contributed by atoms with Crippen LogP contribution in [-0.2, 0) is 4.79 Å². The van der Waals surface area contributed by atoms with Crippen molar-refractivity contribution in [2.75, 3.05) is 18.4 Å². The minimum absolute atomic E-state index is 0.369. The number of carbonyl (C=O) groups excluding carboxylic acids is 1. The molecule has 0 atom stereocenters. The van der Waals surface area contributed by atoms with Crippen LogP contribution in [0.25, 0.3) is 0 Å². The van der Waals surface area contributed by atoms with Gasteiger partial charge in [-0.2, -0.15) is 0 Å². The van der Waals surface area contributed by atoms with Crippen molar-refractivity contribution in [3.05, 3.63) is 33.9 Å². The number of benzene rings is 1. The van der Waals surface area contributed by atoms with Crippen molar-refractivity contribution in [3.8, 4) is 0 Å². The first-order valence-electron chi connectivity index (χ1n) is 5.10. The molecule has 1 aromatic rings. The number of halogens is 2. The van der Waals surface area contributed by atoms with Crippen LogP contribution in [0, 0.1) is 21.7 Å². The maximum atomic E-state index is 13.4. The molecule has 0 heterocycles. The molecule has 0 aromatic heterocycles. The summed E-state index contributed by atoms with van der Waals surface area (Å²) < 4.78 is 26.3. The number of nitro benzene ring substituents is 1. The van der Waals surface area contributed by atoms with Crippen LogP contribution in [0.15, 0.2) is 12.1 Å². The van der Waals surface area contributed by atoms with Crippen molar-refractivity contribution in [2.24, 2.45) is 0 Å². The molecule has 0 aliphatic heterocycles. The van der Waals surface area contributed by atoms with Gasteiger partial charge in [0.15, 0.2) is 17.3 Å². The van der Waals surface area contributed by atoms with Gasteiger partial charge >= 0.3 is 0 Å². The molecule has 0 unspecified atom stereocenters. The molecule has 8 heteroatoms. The number of carbonyl (C=O) groups is 1. The van der Waals surface area contributed by atoms with Gasteiger partial charge in [-0.3, -0.25) is 14.9 Å². The molecule has 1 amide bonds. The highest BCUT2D eigenvalue weighted by Crippen LogP contribution is 2.28. The van der Waals surface area contributed by atoms with Crippen LogP contribution in [0.5, 0.6) is 0 Å². The minimum atomic E-state index is -1.38. The van der Waals surface area contributed by atoms with Gasteiger partial charge in [-0.15, -0.1) is 0 Å². The monoisotopic (exact) mass is 259 g/mol. The largest absolute Gasteiger partial charge is 0.368 e. The van der Waals surface area contributed by atoms with Gasteiger partial charge in [-0.25, -0.2) is 8.78 Å². The normalized spacial score (nSPS) is 9.94. The van der Waals surface area contributed by atoms with E-state index in [-0.39, 0.29) is 6.54 Å². The second-order valence-electron chi connectivity index (χ2n) is 3.32. The van der Waals surface area contributed by atoms with Gasteiger partial charge in [0.2, 0.25) is 5.91 Å². The van der Waals surface area contributed by atoms with E-state index in [9.17, 15) is 23.7 Å². The first-order valence-corrected chi connectivity index (χ1v) is 5.10. The fourth-order valence-corrected chi connectivity index (χ4v) is 1.29. The van der Waals surface area contributed by atoms with E-state index in [0.717, 1.165) is 6.07 Å². The molecule has 0 fully saturated rings. The van der Waals surface area contributed by atoms with Gasteiger partial charge in [0, 0.05) is 12.6 Å². The Morgan fingerprint density at radius 2 is 2.11 bits per heavy atom. The molecule has 98 valence electrons. The number of hydrogen-bond donors (Lipinski definition) is 2. The van der Waals surface area contributed by atoms with Crippen molar-refractivity contribution in [2.45, 2.75) is 6.92 Å². The maximum absolute atomic E-state index is 13.4. The first-order chi connectivity index (χ1) is 8.47. The molecule has 0 aliphatic carbocycles. The Balaban J connectivity index is 2.95. The maximum Gasteiger partial charge on any atom is 0.295 e. The van der Waals surface area contributed by atoms with Crippen molar-refractivity contribution in [1.82, 2.24) is 5.32 Å². The van der Waals surface area contributed by atoms with Gasteiger partial charge in [-0.1, -0.05) is 0 Å². The summed E-state index contributed by atoms with van der Waals surface area (Å²) in [7, 11) is 0. The number of nitrogens with one attached hydrogen (secondary N) is 2. The average molecular weight is 259 g/mol. The summed E-state index contributed by atoms with van der Waals surface area (Å²) >= 11 is 0. The average Bonchev–Trinajstić information content (AvgIpc) is 2.31. The molecule has 0 saturated heterocycles. The van der Waals surface area contributed by atoms with Crippen LogP contribution in [0.1, 0.15) is 6.92 Å². The highest BCUT2D eigenvalue weighted by atomic mass is 19.2. The number of likely N-dealkylation sites (N-methyl/N-ethyl adjacent to an activating group) is 1. The second-order valence-corrected chi connectivity index (χ2v) is 3.32. The zero-order chi connectivity index (χ0) is 13.7. The third-order valence-corrected chi connectivity index (χ3v) is 2.07. The van der Waals surface area contributed by atoms with E-state index < -0.39 is 33.8 Å². The summed E-state index contributed by atoms with van der Waals surface area (Å²) in [5, 5.41) is 15.3. The number of nitrogens with zero attached hydrogens (tertiary/aromatic N) is 1. The molecule has 1 rings (SSSR count). The number of nitro groups is 1. The molecular formula is C10H11F2N3O3. The van der Waals surface area contributed by atoms with E-state index >= 15 is 0 Å². The molecular weight excluding hydrogens is 248 g/mol. The lowest BCUT2D eigenvalue weighted by Gasteiger charge is -2.08. The van der Waals surface area contributed by atoms with Gasteiger partial charge in [0.25, 0.3) is 5.69 Å². The zero-order valence-corrected chi connectivity index (χ0v) is 9.50. The zero-order valence-electron chi connectivity index (χ0n) is 9.50. The summed E-state index contributed by atoms with van der Waals surface area (Å²) in [6.07, 6.45) is 0. The van der Waals surface area contributed by atoms with E-state index in [0.29, 0.717) is 12.6 Å². The summed E-state index contributed by atoms with van der Waals surface area (Å²) in [5.41, 5.74) is -1.26. The predicted molar refractivity (Wildman–Crippen MR) is 60.2 cm³/mol. The third kappa shape index (κ3) is 3.12. The number of amides is 1. The van der Waals surface area contributed by atoms with Crippen molar-refractivity contribution in [3.63, 3.8) is 0 Å². The molecule has 0 radical (unpaired) electrons. The van der Waals surface area contributed by atoms with E-state index in [1.54, 1.807) is 6.92 Å². The van der Waals surface area contributed by atoms with Gasteiger partial charge in [0.1, 0.15) is 0 Å². The Labute approximate surface area is 101 Å². The number of rotatable bonds is 5. The lowest BCUT2D eigenvalue weighted by atomic mass is 10.2. The lowest BCUT2D eigenvalue weighted by Crippen LogP contribution is -2.29. The van der Waals surface area contributed by atoms with Crippen LogP contribution < -0.4 is 10.6 Å². The van der Waals surface area contributed by atoms with Crippen molar-refractivity contribution in [1.29, 1.82) is 0 Å². The molecule has 1 aromatic carbocycles. The smallest absolute Gasteiger partial charge is 0.295 e. The summed E-state index contributed by atoms with van der Waals surface area (Å²) in [6.45, 7) is 1.67. The van der Waals surface area contributed by atoms with Gasteiger partial charge in [-0.05, 0) is 13.0 Å². The van der Waals surface area contributed by atoms with Crippen molar-refractivity contribution >= 4 is 17.3 Å². The van der Waals surface area contributed by atoms with Crippen LogP contribution in [-0.4, -0.2) is 23.9 Å². The Morgan fingerprint density at radius 3 is 2.67 bits per heavy atom. The second kappa shape index (κ2) is 5.89. The van der Waals surface area contributed by atoms with E-state index in [1.807, 2.05) is 0 Å². The number of hydrogen-bond acceptors (Lipinski definition) is 4. The Hall–Kier alpha value is -2.25. The van der Waals surface area contributed by atoms with Crippen LogP contribution in [0.4, 0.5) is 20.2 Å². The quantitative estimate of drug-likeness (QED) is 0.618. The molecule has 18 heavy (non-hydrogen) atoms. The molecule has 0 aliphatic rings. The first kappa shape index (κ1) is 13.8. The standard InChI is InChI=1S/C10H11F2N3O3/c1-2-13-8(16)5-14-10-7(15(17)18)4-3-6(11)9(10)12/h3-4,14H,2,5H2,1H3,(H,13,16). The Kier molecular flexibility index (Phi) is 4.52. The molecule has 0 bridgehead atoms. The lowest BCUT2D eigenvalue weighted by molar-refractivity contribution is -0.384. The molecule has 0 saturated carbocycles. The number of anilines is 1. The summed E-state index contributed by atoms with van der Waals surface area (Å²) in [4.78, 5) is 20.9. The highest BCUT2D eigenvalue weighted by molar-refractivity contribution is 5.81. The fourth-order valence-electron chi connectivity index (χ4n) is 1.29. The Bertz CT molecular complexity index is 480. The van der Waals surface area contributed by atoms with Crippen LogP contribution >= 0.6 is 0 Å². The van der Waals surface area contributed by atoms with E-state index in [4.69, 9.17) is 0 Å².